The molecule has 0 saturated heterocycles. The first kappa shape index (κ1) is 15.9. The fourth-order valence-corrected chi connectivity index (χ4v) is 2.16. The lowest BCUT2D eigenvalue weighted by Gasteiger charge is -2.07. The standard InChI is InChI=1S/C14H15N3O4S/c1-3-20-13(18)10(14(19)21-4-2)8-15-9-5-6-11-12(7-9)17-22-16-11/h5-8,15H,3-4H2,1-2H3. The molecule has 0 fully saturated rings. The van der Waals surface area contributed by atoms with Gasteiger partial charge >= 0.3 is 11.9 Å². The number of rotatable bonds is 6. The fraction of sp³-hybridized carbons (Fsp3) is 0.286. The second-order valence-electron chi connectivity index (χ2n) is 4.11. The maximum atomic E-state index is 11.8. The van der Waals surface area contributed by atoms with Crippen LogP contribution in [0.1, 0.15) is 13.8 Å². The van der Waals surface area contributed by atoms with Gasteiger partial charge in [0.2, 0.25) is 0 Å². The average molecular weight is 321 g/mol. The van der Waals surface area contributed by atoms with Crippen LogP contribution >= 0.6 is 11.7 Å². The molecule has 0 radical (unpaired) electrons. The van der Waals surface area contributed by atoms with Crippen molar-refractivity contribution in [2.45, 2.75) is 13.8 Å². The molecular weight excluding hydrogens is 306 g/mol. The summed E-state index contributed by atoms with van der Waals surface area (Å²) in [7, 11) is 0. The van der Waals surface area contributed by atoms with Gasteiger partial charge in [0, 0.05) is 11.9 Å². The Labute approximate surface area is 131 Å². The van der Waals surface area contributed by atoms with Crippen molar-refractivity contribution in [2.75, 3.05) is 18.5 Å². The summed E-state index contributed by atoms with van der Waals surface area (Å²) in [6.07, 6.45) is 1.27. The summed E-state index contributed by atoms with van der Waals surface area (Å²) in [5, 5.41) is 2.88. The van der Waals surface area contributed by atoms with Gasteiger partial charge in [0.25, 0.3) is 0 Å². The molecule has 1 aromatic heterocycles. The molecule has 0 aliphatic rings. The number of fused-ring (bicyclic) bond motifs is 1. The van der Waals surface area contributed by atoms with Gasteiger partial charge in [0.15, 0.2) is 5.57 Å². The van der Waals surface area contributed by atoms with Crippen molar-refractivity contribution in [1.82, 2.24) is 8.75 Å². The van der Waals surface area contributed by atoms with E-state index in [1.165, 1.54) is 6.20 Å². The number of anilines is 1. The molecule has 0 bridgehead atoms. The van der Waals surface area contributed by atoms with Crippen LogP contribution in [0, 0.1) is 0 Å². The first-order valence-corrected chi connectivity index (χ1v) is 7.42. The number of aromatic nitrogens is 2. The van der Waals surface area contributed by atoms with Gasteiger partial charge in [-0.1, -0.05) is 0 Å². The number of carbonyl (C=O) groups excluding carboxylic acids is 2. The lowest BCUT2D eigenvalue weighted by atomic mass is 10.2. The average Bonchev–Trinajstić information content (AvgIpc) is 2.95. The summed E-state index contributed by atoms with van der Waals surface area (Å²) in [4.78, 5) is 23.6. The summed E-state index contributed by atoms with van der Waals surface area (Å²) in [6.45, 7) is 3.67. The van der Waals surface area contributed by atoms with E-state index in [-0.39, 0.29) is 18.8 Å². The number of esters is 2. The molecule has 7 nitrogen and oxygen atoms in total. The summed E-state index contributed by atoms with van der Waals surface area (Å²) < 4.78 is 17.9. The molecule has 0 unspecified atom stereocenters. The molecule has 8 heteroatoms. The molecular formula is C14H15N3O4S. The second kappa shape index (κ2) is 7.51. The molecule has 2 aromatic rings. The summed E-state index contributed by atoms with van der Waals surface area (Å²) in [5.41, 5.74) is 2.00. The molecule has 0 aliphatic carbocycles. The van der Waals surface area contributed by atoms with E-state index >= 15 is 0 Å². The number of hydrogen-bond donors (Lipinski definition) is 1. The first-order valence-electron chi connectivity index (χ1n) is 6.69. The fourth-order valence-electron chi connectivity index (χ4n) is 1.65. The topological polar surface area (TPSA) is 90.4 Å². The van der Waals surface area contributed by atoms with Crippen molar-refractivity contribution >= 4 is 40.4 Å². The normalized spacial score (nSPS) is 10.1. The van der Waals surface area contributed by atoms with Crippen molar-refractivity contribution in [3.05, 3.63) is 30.0 Å². The maximum Gasteiger partial charge on any atom is 0.347 e. The lowest BCUT2D eigenvalue weighted by molar-refractivity contribution is -0.146. The van der Waals surface area contributed by atoms with Gasteiger partial charge in [-0.05, 0) is 32.0 Å². The van der Waals surface area contributed by atoms with E-state index in [1.807, 2.05) is 0 Å². The highest BCUT2D eigenvalue weighted by atomic mass is 32.1. The van der Waals surface area contributed by atoms with E-state index < -0.39 is 11.9 Å². The minimum atomic E-state index is -0.732. The number of carbonyl (C=O) groups is 2. The summed E-state index contributed by atoms with van der Waals surface area (Å²) >= 11 is 1.12. The Hall–Kier alpha value is -2.48. The zero-order valence-corrected chi connectivity index (χ0v) is 13.0. The molecule has 116 valence electrons. The zero-order valence-electron chi connectivity index (χ0n) is 12.2. The van der Waals surface area contributed by atoms with Crippen LogP contribution in [0.5, 0.6) is 0 Å². The second-order valence-corrected chi connectivity index (χ2v) is 4.64. The van der Waals surface area contributed by atoms with Crippen LogP contribution in [0.3, 0.4) is 0 Å². The van der Waals surface area contributed by atoms with Gasteiger partial charge in [-0.3, -0.25) is 0 Å². The predicted molar refractivity (Wildman–Crippen MR) is 82.4 cm³/mol. The number of benzene rings is 1. The van der Waals surface area contributed by atoms with E-state index in [2.05, 4.69) is 14.1 Å². The molecule has 2 rings (SSSR count). The van der Waals surface area contributed by atoms with Gasteiger partial charge in [-0.25, -0.2) is 9.59 Å². The molecule has 22 heavy (non-hydrogen) atoms. The third-order valence-corrected chi connectivity index (χ3v) is 3.18. The van der Waals surface area contributed by atoms with E-state index in [0.717, 1.165) is 22.8 Å². The van der Waals surface area contributed by atoms with Crippen molar-refractivity contribution < 1.29 is 19.1 Å². The molecule has 0 spiro atoms. The van der Waals surface area contributed by atoms with Gasteiger partial charge < -0.3 is 14.8 Å². The minimum absolute atomic E-state index is 0.173. The number of ether oxygens (including phenoxy) is 2. The molecule has 1 N–H and O–H groups in total. The van der Waals surface area contributed by atoms with E-state index in [4.69, 9.17) is 9.47 Å². The molecule has 1 heterocycles. The van der Waals surface area contributed by atoms with E-state index in [0.29, 0.717) is 5.69 Å². The quantitative estimate of drug-likeness (QED) is 0.377. The molecule has 0 saturated carbocycles. The highest BCUT2D eigenvalue weighted by molar-refractivity contribution is 7.00. The van der Waals surface area contributed by atoms with Crippen LogP contribution in [-0.4, -0.2) is 33.9 Å². The van der Waals surface area contributed by atoms with Crippen LogP contribution in [0.2, 0.25) is 0 Å². The highest BCUT2D eigenvalue weighted by Crippen LogP contribution is 2.17. The third kappa shape index (κ3) is 3.79. The largest absolute Gasteiger partial charge is 0.462 e. The van der Waals surface area contributed by atoms with Crippen LogP contribution in [-0.2, 0) is 19.1 Å². The maximum absolute atomic E-state index is 11.8. The number of nitrogens with zero attached hydrogens (tertiary/aromatic N) is 2. The molecule has 1 aromatic carbocycles. The Kier molecular flexibility index (Phi) is 5.42. The van der Waals surface area contributed by atoms with Gasteiger partial charge in [0.1, 0.15) is 11.0 Å². The van der Waals surface area contributed by atoms with Crippen molar-refractivity contribution in [3.63, 3.8) is 0 Å². The highest BCUT2D eigenvalue weighted by Gasteiger charge is 2.20. The molecule has 0 amide bonds. The van der Waals surface area contributed by atoms with Crippen molar-refractivity contribution in [2.24, 2.45) is 0 Å². The number of hydrogen-bond acceptors (Lipinski definition) is 8. The van der Waals surface area contributed by atoms with Crippen molar-refractivity contribution in [3.8, 4) is 0 Å². The Morgan fingerprint density at radius 2 is 1.77 bits per heavy atom. The third-order valence-electron chi connectivity index (χ3n) is 2.63. The Balaban J connectivity index is 2.20. The van der Waals surface area contributed by atoms with Crippen LogP contribution < -0.4 is 5.32 Å². The van der Waals surface area contributed by atoms with Gasteiger partial charge in [-0.2, -0.15) is 8.75 Å². The number of nitrogens with one attached hydrogen (secondary N) is 1. The predicted octanol–water partition coefficient (Wildman–Crippen LogP) is 2.11. The van der Waals surface area contributed by atoms with E-state index in [9.17, 15) is 9.59 Å². The Bertz CT molecular complexity index is 691. The first-order chi connectivity index (χ1) is 10.7. The molecule has 0 atom stereocenters. The SMILES string of the molecule is CCOC(=O)C(=CNc1ccc2nsnc2c1)C(=O)OCC. The monoisotopic (exact) mass is 321 g/mol. The lowest BCUT2D eigenvalue weighted by Crippen LogP contribution is -2.19. The van der Waals surface area contributed by atoms with Gasteiger partial charge in [0.05, 0.1) is 24.9 Å². The Morgan fingerprint density at radius 1 is 1.14 bits per heavy atom. The molecule has 0 aliphatic heterocycles. The van der Waals surface area contributed by atoms with E-state index in [1.54, 1.807) is 32.0 Å². The van der Waals surface area contributed by atoms with Crippen LogP contribution in [0.4, 0.5) is 5.69 Å². The van der Waals surface area contributed by atoms with Crippen molar-refractivity contribution in [1.29, 1.82) is 0 Å². The van der Waals surface area contributed by atoms with Crippen LogP contribution in [0.25, 0.3) is 11.0 Å². The van der Waals surface area contributed by atoms with Crippen LogP contribution in [0.15, 0.2) is 30.0 Å². The minimum Gasteiger partial charge on any atom is -0.462 e. The zero-order chi connectivity index (χ0) is 15.9. The smallest absolute Gasteiger partial charge is 0.347 e. The Morgan fingerprint density at radius 3 is 2.41 bits per heavy atom. The van der Waals surface area contributed by atoms with Gasteiger partial charge in [-0.15, -0.1) is 0 Å². The summed E-state index contributed by atoms with van der Waals surface area (Å²) in [5.74, 6) is -1.46. The summed E-state index contributed by atoms with van der Waals surface area (Å²) in [6, 6.07) is 5.33.